The van der Waals surface area contributed by atoms with Crippen LogP contribution in [0.1, 0.15) is 51.4 Å². The quantitative estimate of drug-likeness (QED) is 0.105. The molecular weight excluding hydrogens is 839 g/mol. The molecule has 5 heterocycles. The van der Waals surface area contributed by atoms with Gasteiger partial charge in [0.05, 0.1) is 11.0 Å². The smallest absolute Gasteiger partial charge is 0.475 e. The van der Waals surface area contributed by atoms with Gasteiger partial charge in [0, 0.05) is 19.6 Å². The monoisotopic (exact) mass is 876 g/mol. The van der Waals surface area contributed by atoms with Crippen molar-refractivity contribution in [2.75, 3.05) is 26.2 Å². The van der Waals surface area contributed by atoms with Gasteiger partial charge in [-0.2, -0.15) is 39.5 Å². The summed E-state index contributed by atoms with van der Waals surface area (Å²) < 4.78 is 105. The number of ether oxygens (including phenoxy) is 1. The Morgan fingerprint density at radius 3 is 1.46 bits per heavy atom. The van der Waals surface area contributed by atoms with Gasteiger partial charge in [0.2, 0.25) is 0 Å². The minimum Gasteiger partial charge on any atom is -0.475 e. The van der Waals surface area contributed by atoms with Crippen LogP contribution in [0.2, 0.25) is 0 Å². The van der Waals surface area contributed by atoms with Crippen LogP contribution in [0, 0.1) is 6.92 Å². The molecule has 0 unspecified atom stereocenters. The summed E-state index contributed by atoms with van der Waals surface area (Å²) in [5.41, 5.74) is 7.86. The third-order valence-electron chi connectivity index (χ3n) is 8.94. The van der Waals surface area contributed by atoms with E-state index in [2.05, 4.69) is 61.0 Å². The Labute approximate surface area is 339 Å². The fourth-order valence-electron chi connectivity index (χ4n) is 5.83. The number of fused-ring (bicyclic) bond motifs is 3. The summed E-state index contributed by atoms with van der Waals surface area (Å²) >= 11 is 0. The van der Waals surface area contributed by atoms with Crippen molar-refractivity contribution in [2.45, 2.75) is 64.5 Å². The van der Waals surface area contributed by atoms with Crippen molar-refractivity contribution in [3.8, 4) is 0 Å². The molecule has 0 aliphatic carbocycles. The third kappa shape index (κ3) is 13.6. The van der Waals surface area contributed by atoms with Gasteiger partial charge in [0.25, 0.3) is 0 Å². The number of alkyl halides is 9. The van der Waals surface area contributed by atoms with E-state index in [9.17, 15) is 44.3 Å². The van der Waals surface area contributed by atoms with Crippen molar-refractivity contribution in [1.82, 2.24) is 29.0 Å². The fraction of sp³-hybridized carbons (Fsp3) is 0.368. The van der Waals surface area contributed by atoms with Gasteiger partial charge in [-0.1, -0.05) is 48.5 Å². The molecule has 0 bridgehead atoms. The lowest BCUT2D eigenvalue weighted by Gasteiger charge is -2.30. The second-order valence-corrected chi connectivity index (χ2v) is 13.5. The van der Waals surface area contributed by atoms with E-state index in [1.54, 1.807) is 0 Å². The Bertz CT molecular complexity index is 2280. The SMILES string of the molecule is Cc1nnc2ccc3c(cc(C(=O)OCc4cccc(CN5CCC5)c4)n3Cc3cccc(CN4CCC4)c3)n12.O=C(O)C(F)(F)F.O=C(O)C(F)(F)F.O=C(O)C(F)(F)F. The lowest BCUT2D eigenvalue weighted by molar-refractivity contribution is -0.193. The second-order valence-electron chi connectivity index (χ2n) is 13.5. The first kappa shape index (κ1) is 47.4. The average Bonchev–Trinajstić information content (AvgIpc) is 3.70. The molecular formula is C38H37F9N6O8. The van der Waals surface area contributed by atoms with Crippen molar-refractivity contribution in [1.29, 1.82) is 0 Å². The highest BCUT2D eigenvalue weighted by atomic mass is 19.4. The van der Waals surface area contributed by atoms with E-state index in [-0.39, 0.29) is 12.6 Å². The highest BCUT2D eigenvalue weighted by Gasteiger charge is 2.39. The number of hydrogen-bond acceptors (Lipinski definition) is 9. The van der Waals surface area contributed by atoms with Crippen LogP contribution < -0.4 is 0 Å². The summed E-state index contributed by atoms with van der Waals surface area (Å²) in [5.74, 6) is -7.82. The molecule has 23 heteroatoms. The molecule has 7 rings (SSSR count). The number of likely N-dealkylation sites (tertiary alicyclic amines) is 2. The highest BCUT2D eigenvalue weighted by molar-refractivity contribution is 5.95. The van der Waals surface area contributed by atoms with Gasteiger partial charge >= 0.3 is 42.4 Å². The number of rotatable bonds is 9. The van der Waals surface area contributed by atoms with Crippen molar-refractivity contribution >= 4 is 40.6 Å². The van der Waals surface area contributed by atoms with Crippen LogP contribution in [0.15, 0.2) is 66.7 Å². The molecule has 0 amide bonds. The first-order valence-electron chi connectivity index (χ1n) is 18.0. The number of carbonyl (C=O) groups excluding carboxylic acids is 1. The van der Waals surface area contributed by atoms with Gasteiger partial charge in [-0.3, -0.25) is 14.2 Å². The molecule has 0 radical (unpaired) electrons. The van der Waals surface area contributed by atoms with E-state index in [0.29, 0.717) is 12.2 Å². The van der Waals surface area contributed by atoms with E-state index in [4.69, 9.17) is 34.4 Å². The van der Waals surface area contributed by atoms with Gasteiger partial charge in [0.15, 0.2) is 5.65 Å². The number of halogens is 9. The second kappa shape index (κ2) is 19.9. The number of carboxylic acid groups (broad SMARTS) is 3. The van der Waals surface area contributed by atoms with E-state index < -0.39 is 36.4 Å². The first-order chi connectivity index (χ1) is 28.4. The molecule has 5 aromatic rings. The predicted molar refractivity (Wildman–Crippen MR) is 195 cm³/mol. The summed E-state index contributed by atoms with van der Waals surface area (Å²) in [6.07, 6.45) is -12.7. The van der Waals surface area contributed by atoms with E-state index >= 15 is 0 Å². The lowest BCUT2D eigenvalue weighted by Crippen LogP contribution is -2.36. The highest BCUT2D eigenvalue weighted by Crippen LogP contribution is 2.26. The van der Waals surface area contributed by atoms with Crippen LogP contribution in [-0.2, 0) is 45.4 Å². The third-order valence-corrected chi connectivity index (χ3v) is 8.94. The van der Waals surface area contributed by atoms with Gasteiger partial charge in [-0.05, 0) is 86.4 Å². The van der Waals surface area contributed by atoms with Crippen molar-refractivity contribution in [3.63, 3.8) is 0 Å². The van der Waals surface area contributed by atoms with Gasteiger partial charge in [-0.25, -0.2) is 19.2 Å². The van der Waals surface area contributed by atoms with Crippen LogP contribution in [-0.4, -0.2) is 113 Å². The molecule has 61 heavy (non-hydrogen) atoms. The number of carboxylic acids is 3. The van der Waals surface area contributed by atoms with E-state index in [1.807, 2.05) is 41.7 Å². The standard InChI is InChI=1S/C32H34N6O2.3C2HF3O2/c1-23-33-34-31-11-10-28-29(38(23)31)18-30(37(28)21-26-8-2-6-24(16-26)19-35-12-4-13-35)32(39)40-22-27-9-3-7-25(17-27)20-36-14-5-15-36;3*3-2(4,5)1(6)7/h2-3,6-11,16-18H,4-5,12-15,19-22H2,1H3;3*(H,6,7). The zero-order valence-electron chi connectivity index (χ0n) is 31.9. The largest absolute Gasteiger partial charge is 0.490 e. The predicted octanol–water partition coefficient (Wildman–Crippen LogP) is 6.71. The molecule has 0 atom stereocenters. The van der Waals surface area contributed by atoms with Crippen molar-refractivity contribution in [3.05, 3.63) is 101 Å². The lowest BCUT2D eigenvalue weighted by atomic mass is 10.1. The van der Waals surface area contributed by atoms with Crippen LogP contribution in [0.25, 0.3) is 16.7 Å². The summed E-state index contributed by atoms with van der Waals surface area (Å²) in [4.78, 5) is 45.2. The van der Waals surface area contributed by atoms with E-state index in [1.165, 1.54) is 24.0 Å². The Kier molecular flexibility index (Phi) is 15.5. The number of esters is 1. The normalized spacial score (nSPS) is 14.3. The molecule has 2 fully saturated rings. The molecule has 3 N–H and O–H groups in total. The molecule has 0 spiro atoms. The molecule has 330 valence electrons. The van der Waals surface area contributed by atoms with Gasteiger partial charge in [0.1, 0.15) is 18.1 Å². The van der Waals surface area contributed by atoms with Crippen LogP contribution in [0.5, 0.6) is 0 Å². The minimum atomic E-state index is -5.08. The number of aryl methyl sites for hydroxylation is 1. The zero-order valence-corrected chi connectivity index (χ0v) is 31.9. The Hall–Kier alpha value is -6.23. The molecule has 0 saturated carbocycles. The van der Waals surface area contributed by atoms with Gasteiger partial charge in [-0.15, -0.1) is 10.2 Å². The van der Waals surface area contributed by atoms with Gasteiger partial charge < -0.3 is 24.6 Å². The van der Waals surface area contributed by atoms with Crippen LogP contribution in [0.3, 0.4) is 0 Å². The summed E-state index contributed by atoms with van der Waals surface area (Å²) in [5, 5.41) is 29.9. The van der Waals surface area contributed by atoms with Crippen molar-refractivity contribution < 1.29 is 78.7 Å². The summed E-state index contributed by atoms with van der Waals surface area (Å²) in [6.45, 7) is 9.29. The molecule has 2 saturated heterocycles. The van der Waals surface area contributed by atoms with Crippen LogP contribution in [0.4, 0.5) is 39.5 Å². The number of aliphatic carboxylic acids is 3. The molecule has 2 aliphatic rings. The number of aromatic nitrogens is 4. The summed E-state index contributed by atoms with van der Waals surface area (Å²) in [6, 6.07) is 23.0. The Morgan fingerprint density at radius 2 is 1.03 bits per heavy atom. The maximum Gasteiger partial charge on any atom is 0.490 e. The number of benzene rings is 2. The molecule has 2 aromatic carbocycles. The zero-order chi connectivity index (χ0) is 45.3. The summed E-state index contributed by atoms with van der Waals surface area (Å²) in [7, 11) is 0. The Morgan fingerprint density at radius 1 is 0.607 bits per heavy atom. The topological polar surface area (TPSA) is 180 Å². The maximum atomic E-state index is 13.6. The minimum absolute atomic E-state index is 0.237. The van der Waals surface area contributed by atoms with Crippen molar-refractivity contribution in [2.24, 2.45) is 0 Å². The number of carbonyl (C=O) groups is 4. The van der Waals surface area contributed by atoms with E-state index in [0.717, 1.165) is 72.9 Å². The molecule has 3 aromatic heterocycles. The van der Waals surface area contributed by atoms with Crippen LogP contribution >= 0.6 is 0 Å². The molecule has 2 aliphatic heterocycles. The number of pyridine rings is 1. The number of nitrogens with zero attached hydrogens (tertiary/aromatic N) is 6. The number of hydrogen-bond donors (Lipinski definition) is 3. The molecule has 14 nitrogen and oxygen atoms in total. The first-order valence-corrected chi connectivity index (χ1v) is 18.0. The maximum absolute atomic E-state index is 13.6. The fourth-order valence-corrected chi connectivity index (χ4v) is 5.83. The Balaban J connectivity index is 0.000000323. The average molecular weight is 877 g/mol.